The molecule has 1 saturated heterocycles. The Labute approximate surface area is 137 Å². The summed E-state index contributed by atoms with van der Waals surface area (Å²) < 4.78 is 37.4. The second-order valence-electron chi connectivity index (χ2n) is 5.71. The van der Waals surface area contributed by atoms with E-state index in [4.69, 9.17) is 0 Å². The molecule has 1 heterocycles. The maximum atomic E-state index is 12.5. The highest BCUT2D eigenvalue weighted by molar-refractivity contribution is 5.85. The molecule has 2 amide bonds. The molecule has 1 aromatic carbocycles. The number of aliphatic hydroxyl groups is 1. The van der Waals surface area contributed by atoms with Gasteiger partial charge in [-0.05, 0) is 30.5 Å². The van der Waals surface area contributed by atoms with Crippen LogP contribution in [0, 0.1) is 0 Å². The normalized spacial score (nSPS) is 16.8. The fourth-order valence-corrected chi connectivity index (χ4v) is 2.48. The molecular formula is C16H19F3N2O3. The SMILES string of the molecule is O=C(CN1CCCCC1=O)NC[C@@H](O)c1ccc(C(F)(F)F)cc1. The van der Waals surface area contributed by atoms with Crippen LogP contribution in [0.4, 0.5) is 13.2 Å². The standard InChI is InChI=1S/C16H19F3N2O3/c17-16(18,19)12-6-4-11(5-7-12)13(22)9-20-14(23)10-21-8-2-1-3-15(21)24/h4-7,13,22H,1-3,8-10H2,(H,20,23)/t13-/m1/s1. The van der Waals surface area contributed by atoms with Gasteiger partial charge in [-0.3, -0.25) is 9.59 Å². The van der Waals surface area contributed by atoms with Crippen LogP contribution in [0.3, 0.4) is 0 Å². The summed E-state index contributed by atoms with van der Waals surface area (Å²) >= 11 is 0. The predicted octanol–water partition coefficient (Wildman–Crippen LogP) is 1.87. The van der Waals surface area contributed by atoms with Crippen molar-refractivity contribution in [3.8, 4) is 0 Å². The van der Waals surface area contributed by atoms with E-state index >= 15 is 0 Å². The first-order valence-corrected chi connectivity index (χ1v) is 7.67. The molecule has 1 aromatic rings. The van der Waals surface area contributed by atoms with Gasteiger partial charge < -0.3 is 15.3 Å². The molecule has 132 valence electrons. The van der Waals surface area contributed by atoms with Gasteiger partial charge >= 0.3 is 6.18 Å². The number of benzene rings is 1. The van der Waals surface area contributed by atoms with Crippen LogP contribution in [-0.4, -0.2) is 41.5 Å². The average Bonchev–Trinajstić information content (AvgIpc) is 2.54. The molecule has 2 N–H and O–H groups in total. The number of hydrogen-bond acceptors (Lipinski definition) is 3. The minimum Gasteiger partial charge on any atom is -0.387 e. The van der Waals surface area contributed by atoms with Crippen molar-refractivity contribution < 1.29 is 27.9 Å². The Kier molecular flexibility index (Phi) is 5.82. The number of rotatable bonds is 5. The molecule has 0 spiro atoms. The molecule has 24 heavy (non-hydrogen) atoms. The zero-order valence-corrected chi connectivity index (χ0v) is 13.0. The lowest BCUT2D eigenvalue weighted by Gasteiger charge is -2.26. The number of amides is 2. The first-order chi connectivity index (χ1) is 11.3. The van der Waals surface area contributed by atoms with E-state index in [2.05, 4.69) is 5.32 Å². The second-order valence-corrected chi connectivity index (χ2v) is 5.71. The summed E-state index contributed by atoms with van der Waals surface area (Å²) in [5.74, 6) is -0.476. The predicted molar refractivity (Wildman–Crippen MR) is 79.8 cm³/mol. The van der Waals surface area contributed by atoms with Gasteiger partial charge in [0, 0.05) is 19.5 Å². The summed E-state index contributed by atoms with van der Waals surface area (Å²) in [6.45, 7) is 0.332. The van der Waals surface area contributed by atoms with Gasteiger partial charge in [0.05, 0.1) is 18.2 Å². The Morgan fingerprint density at radius 1 is 1.25 bits per heavy atom. The van der Waals surface area contributed by atoms with Crippen LogP contribution in [0.15, 0.2) is 24.3 Å². The van der Waals surface area contributed by atoms with Crippen LogP contribution in [0.2, 0.25) is 0 Å². The number of halogens is 3. The van der Waals surface area contributed by atoms with Crippen LogP contribution < -0.4 is 5.32 Å². The van der Waals surface area contributed by atoms with Gasteiger partial charge in [0.2, 0.25) is 11.8 Å². The van der Waals surface area contributed by atoms with E-state index in [9.17, 15) is 27.9 Å². The Bertz CT molecular complexity index is 587. The smallest absolute Gasteiger partial charge is 0.387 e. The van der Waals surface area contributed by atoms with E-state index in [-0.39, 0.29) is 24.6 Å². The molecule has 0 aromatic heterocycles. The van der Waals surface area contributed by atoms with Crippen LogP contribution in [0.5, 0.6) is 0 Å². The number of alkyl halides is 3. The number of carbonyl (C=O) groups is 2. The van der Waals surface area contributed by atoms with Crippen LogP contribution in [-0.2, 0) is 15.8 Å². The van der Waals surface area contributed by atoms with Crippen molar-refractivity contribution in [2.24, 2.45) is 0 Å². The van der Waals surface area contributed by atoms with Crippen molar-refractivity contribution in [3.05, 3.63) is 35.4 Å². The summed E-state index contributed by atoms with van der Waals surface area (Å²) in [7, 11) is 0. The quantitative estimate of drug-likeness (QED) is 0.857. The number of aliphatic hydroxyl groups excluding tert-OH is 1. The molecule has 0 unspecified atom stereocenters. The molecule has 0 aliphatic carbocycles. The monoisotopic (exact) mass is 344 g/mol. The summed E-state index contributed by atoms with van der Waals surface area (Å²) in [6.07, 6.45) is -3.44. The van der Waals surface area contributed by atoms with E-state index in [0.717, 1.165) is 25.0 Å². The topological polar surface area (TPSA) is 69.6 Å². The van der Waals surface area contributed by atoms with Crippen molar-refractivity contribution in [1.29, 1.82) is 0 Å². The molecule has 5 nitrogen and oxygen atoms in total. The van der Waals surface area contributed by atoms with Gasteiger partial charge in [-0.25, -0.2) is 0 Å². The van der Waals surface area contributed by atoms with E-state index < -0.39 is 23.8 Å². The molecule has 1 aliphatic rings. The molecule has 0 saturated carbocycles. The first kappa shape index (κ1) is 18.3. The van der Waals surface area contributed by atoms with E-state index in [1.54, 1.807) is 0 Å². The average molecular weight is 344 g/mol. The van der Waals surface area contributed by atoms with Crippen molar-refractivity contribution in [1.82, 2.24) is 10.2 Å². The number of piperidine rings is 1. The molecule has 0 radical (unpaired) electrons. The Hall–Kier alpha value is -2.09. The third-order valence-corrected chi connectivity index (χ3v) is 3.87. The van der Waals surface area contributed by atoms with Crippen LogP contribution in [0.25, 0.3) is 0 Å². The van der Waals surface area contributed by atoms with Gasteiger partial charge in [0.15, 0.2) is 0 Å². The largest absolute Gasteiger partial charge is 0.416 e. The van der Waals surface area contributed by atoms with E-state index in [1.807, 2.05) is 0 Å². The summed E-state index contributed by atoms with van der Waals surface area (Å²) in [4.78, 5) is 24.9. The summed E-state index contributed by atoms with van der Waals surface area (Å²) in [5, 5.41) is 12.4. The maximum Gasteiger partial charge on any atom is 0.416 e. The minimum absolute atomic E-state index is 0.0697. The molecule has 2 rings (SSSR count). The van der Waals surface area contributed by atoms with E-state index in [1.165, 1.54) is 17.0 Å². The Balaban J connectivity index is 1.82. The zero-order chi connectivity index (χ0) is 17.7. The Morgan fingerprint density at radius 3 is 2.50 bits per heavy atom. The Morgan fingerprint density at radius 2 is 1.92 bits per heavy atom. The molecule has 1 aliphatic heterocycles. The molecule has 1 fully saturated rings. The highest BCUT2D eigenvalue weighted by Crippen LogP contribution is 2.29. The van der Waals surface area contributed by atoms with Crippen LogP contribution >= 0.6 is 0 Å². The van der Waals surface area contributed by atoms with Crippen molar-refractivity contribution in [3.63, 3.8) is 0 Å². The lowest BCUT2D eigenvalue weighted by atomic mass is 10.1. The van der Waals surface area contributed by atoms with Gasteiger partial charge in [0.1, 0.15) is 0 Å². The number of hydrogen-bond donors (Lipinski definition) is 2. The number of likely N-dealkylation sites (tertiary alicyclic amines) is 1. The molecule has 0 bridgehead atoms. The number of nitrogens with one attached hydrogen (secondary N) is 1. The molecule has 8 heteroatoms. The van der Waals surface area contributed by atoms with Gasteiger partial charge in [-0.2, -0.15) is 13.2 Å². The summed E-state index contributed by atoms with van der Waals surface area (Å²) in [5.41, 5.74) is -0.525. The summed E-state index contributed by atoms with van der Waals surface area (Å²) in [6, 6.07) is 4.11. The van der Waals surface area contributed by atoms with Gasteiger partial charge in [0.25, 0.3) is 0 Å². The van der Waals surface area contributed by atoms with Crippen molar-refractivity contribution >= 4 is 11.8 Å². The molecule has 1 atom stereocenters. The maximum absolute atomic E-state index is 12.5. The first-order valence-electron chi connectivity index (χ1n) is 7.67. The number of carbonyl (C=O) groups excluding carboxylic acids is 2. The third kappa shape index (κ3) is 4.95. The van der Waals surface area contributed by atoms with E-state index in [0.29, 0.717) is 13.0 Å². The highest BCUT2D eigenvalue weighted by atomic mass is 19.4. The van der Waals surface area contributed by atoms with Crippen molar-refractivity contribution in [2.75, 3.05) is 19.6 Å². The third-order valence-electron chi connectivity index (χ3n) is 3.87. The highest BCUT2D eigenvalue weighted by Gasteiger charge is 2.30. The van der Waals surface area contributed by atoms with Crippen LogP contribution in [0.1, 0.15) is 36.5 Å². The second kappa shape index (κ2) is 7.65. The fraction of sp³-hybridized carbons (Fsp3) is 0.500. The lowest BCUT2D eigenvalue weighted by Crippen LogP contribution is -2.43. The van der Waals surface area contributed by atoms with Gasteiger partial charge in [-0.15, -0.1) is 0 Å². The lowest BCUT2D eigenvalue weighted by molar-refractivity contribution is -0.138. The minimum atomic E-state index is -4.43. The van der Waals surface area contributed by atoms with Gasteiger partial charge in [-0.1, -0.05) is 12.1 Å². The number of nitrogens with zero attached hydrogens (tertiary/aromatic N) is 1. The fourth-order valence-electron chi connectivity index (χ4n) is 2.48. The molecular weight excluding hydrogens is 325 g/mol. The zero-order valence-electron chi connectivity index (χ0n) is 13.0. The van der Waals surface area contributed by atoms with Crippen molar-refractivity contribution in [2.45, 2.75) is 31.5 Å².